The molecule has 3 rings (SSSR count). The van der Waals surface area contributed by atoms with Crippen LogP contribution in [-0.2, 0) is 22.6 Å². The summed E-state index contributed by atoms with van der Waals surface area (Å²) in [5.74, 6) is 1.00. The number of ether oxygens (including phenoxy) is 1. The van der Waals surface area contributed by atoms with Gasteiger partial charge in [-0.25, -0.2) is 0 Å². The first-order valence-corrected chi connectivity index (χ1v) is 11.3. The van der Waals surface area contributed by atoms with Gasteiger partial charge in [-0.2, -0.15) is 0 Å². The van der Waals surface area contributed by atoms with Gasteiger partial charge in [0.2, 0.25) is 11.8 Å². The van der Waals surface area contributed by atoms with Crippen molar-refractivity contribution in [2.75, 3.05) is 33.8 Å². The largest absolute Gasteiger partial charge is 0.497 e. The van der Waals surface area contributed by atoms with Gasteiger partial charge in [-0.3, -0.25) is 9.59 Å². The first-order chi connectivity index (χ1) is 15.4. The maximum absolute atomic E-state index is 13.0. The molecular weight excluding hydrogens is 402 g/mol. The second kappa shape index (κ2) is 11.1. The average molecular weight is 438 g/mol. The zero-order chi connectivity index (χ0) is 23.1. The molecule has 0 radical (unpaired) electrons. The Kier molecular flexibility index (Phi) is 8.28. The minimum Gasteiger partial charge on any atom is -0.497 e. The van der Waals surface area contributed by atoms with Gasteiger partial charge in [-0.05, 0) is 42.3 Å². The van der Waals surface area contributed by atoms with E-state index in [4.69, 9.17) is 4.74 Å². The van der Waals surface area contributed by atoms with Gasteiger partial charge < -0.3 is 20.3 Å². The molecule has 0 aliphatic carbocycles. The summed E-state index contributed by atoms with van der Waals surface area (Å²) < 4.78 is 5.19. The van der Waals surface area contributed by atoms with Crippen molar-refractivity contribution in [1.82, 2.24) is 15.5 Å². The number of hydrogen-bond donors (Lipinski definition) is 2. The summed E-state index contributed by atoms with van der Waals surface area (Å²) in [4.78, 5) is 27.1. The van der Waals surface area contributed by atoms with E-state index in [2.05, 4.69) is 34.7 Å². The molecule has 1 aliphatic heterocycles. The number of benzene rings is 2. The molecule has 6 heteroatoms. The van der Waals surface area contributed by atoms with E-state index in [1.807, 2.05) is 50.2 Å². The molecular formula is C26H35N3O3. The summed E-state index contributed by atoms with van der Waals surface area (Å²) in [7, 11) is 3.71. The van der Waals surface area contributed by atoms with Crippen molar-refractivity contribution in [3.05, 3.63) is 65.2 Å². The predicted octanol–water partition coefficient (Wildman–Crippen LogP) is 2.97. The Labute approximate surface area is 191 Å². The highest BCUT2D eigenvalue weighted by Crippen LogP contribution is 2.32. The lowest BCUT2D eigenvalue weighted by atomic mass is 9.87. The number of carbonyl (C=O) groups is 2. The van der Waals surface area contributed by atoms with Crippen LogP contribution in [0.2, 0.25) is 0 Å². The number of nitrogens with zero attached hydrogens (tertiary/aromatic N) is 1. The second-order valence-electron chi connectivity index (χ2n) is 8.94. The Balaban J connectivity index is 1.59. The molecule has 0 bridgehead atoms. The number of amides is 2. The van der Waals surface area contributed by atoms with Crippen LogP contribution in [0.4, 0.5) is 0 Å². The van der Waals surface area contributed by atoms with Crippen LogP contribution in [0.25, 0.3) is 0 Å². The molecule has 2 atom stereocenters. The van der Waals surface area contributed by atoms with Crippen molar-refractivity contribution >= 4 is 11.8 Å². The lowest BCUT2D eigenvalue weighted by Crippen LogP contribution is -2.35. The van der Waals surface area contributed by atoms with Crippen molar-refractivity contribution in [1.29, 1.82) is 0 Å². The van der Waals surface area contributed by atoms with Crippen LogP contribution >= 0.6 is 0 Å². The highest BCUT2D eigenvalue weighted by molar-refractivity contribution is 5.80. The number of likely N-dealkylation sites (tertiary alicyclic amines) is 1. The summed E-state index contributed by atoms with van der Waals surface area (Å²) in [6.45, 7) is 6.48. The van der Waals surface area contributed by atoms with Crippen molar-refractivity contribution in [3.8, 4) is 5.75 Å². The summed E-state index contributed by atoms with van der Waals surface area (Å²) in [6.07, 6.45) is 0.786. The zero-order valence-corrected chi connectivity index (χ0v) is 19.6. The van der Waals surface area contributed by atoms with Gasteiger partial charge in [-0.1, -0.05) is 50.2 Å². The molecule has 0 aromatic heterocycles. The minimum atomic E-state index is -0.0867. The molecule has 6 nitrogen and oxygen atoms in total. The van der Waals surface area contributed by atoms with Gasteiger partial charge in [0.15, 0.2) is 0 Å². The highest BCUT2D eigenvalue weighted by atomic mass is 16.5. The molecule has 0 spiro atoms. The molecule has 32 heavy (non-hydrogen) atoms. The van der Waals surface area contributed by atoms with Crippen LogP contribution in [0.1, 0.15) is 36.5 Å². The molecule has 1 saturated heterocycles. The fraction of sp³-hybridized carbons (Fsp3) is 0.462. The number of likely N-dealkylation sites (N-methyl/N-ethyl adjacent to an activating group) is 1. The summed E-state index contributed by atoms with van der Waals surface area (Å²) in [6, 6.07) is 16.2. The molecule has 172 valence electrons. The van der Waals surface area contributed by atoms with E-state index in [0.717, 1.165) is 36.4 Å². The van der Waals surface area contributed by atoms with E-state index in [1.165, 1.54) is 5.56 Å². The molecule has 1 fully saturated rings. The quantitative estimate of drug-likeness (QED) is 0.633. The van der Waals surface area contributed by atoms with Gasteiger partial charge in [0.25, 0.3) is 0 Å². The first kappa shape index (κ1) is 23.8. The third kappa shape index (κ3) is 6.33. The van der Waals surface area contributed by atoms with Crippen molar-refractivity contribution in [2.24, 2.45) is 11.8 Å². The SMILES string of the molecule is COc1ccc(CCNC(=O)[C@H]2CN(C)C[C@H]2c2cccc(CNC(=O)C(C)C)c2)cc1. The molecule has 2 aromatic rings. The summed E-state index contributed by atoms with van der Waals surface area (Å²) in [5.41, 5.74) is 3.38. The molecule has 0 saturated carbocycles. The van der Waals surface area contributed by atoms with Crippen LogP contribution in [0, 0.1) is 11.8 Å². The Morgan fingerprint density at radius 1 is 1.06 bits per heavy atom. The minimum absolute atomic E-state index is 0.0346. The number of hydrogen-bond acceptors (Lipinski definition) is 4. The lowest BCUT2D eigenvalue weighted by Gasteiger charge is -2.19. The monoisotopic (exact) mass is 437 g/mol. The molecule has 1 heterocycles. The Hall–Kier alpha value is -2.86. The lowest BCUT2D eigenvalue weighted by molar-refractivity contribution is -0.125. The van der Waals surface area contributed by atoms with Crippen LogP contribution in [0.5, 0.6) is 5.75 Å². The maximum atomic E-state index is 13.0. The van der Waals surface area contributed by atoms with E-state index in [0.29, 0.717) is 13.1 Å². The topological polar surface area (TPSA) is 70.7 Å². The Morgan fingerprint density at radius 2 is 1.81 bits per heavy atom. The third-order valence-electron chi connectivity index (χ3n) is 6.08. The fourth-order valence-corrected chi connectivity index (χ4v) is 4.18. The Morgan fingerprint density at radius 3 is 2.50 bits per heavy atom. The number of rotatable bonds is 9. The van der Waals surface area contributed by atoms with Crippen molar-refractivity contribution in [2.45, 2.75) is 32.7 Å². The molecule has 2 amide bonds. The van der Waals surface area contributed by atoms with Crippen LogP contribution in [0.15, 0.2) is 48.5 Å². The van der Waals surface area contributed by atoms with Crippen LogP contribution < -0.4 is 15.4 Å². The highest BCUT2D eigenvalue weighted by Gasteiger charge is 2.36. The summed E-state index contributed by atoms with van der Waals surface area (Å²) in [5, 5.41) is 6.11. The maximum Gasteiger partial charge on any atom is 0.225 e. The number of methoxy groups -OCH3 is 1. The van der Waals surface area contributed by atoms with E-state index in [9.17, 15) is 9.59 Å². The van der Waals surface area contributed by atoms with Crippen molar-refractivity contribution < 1.29 is 14.3 Å². The van der Waals surface area contributed by atoms with Crippen LogP contribution in [-0.4, -0.2) is 50.5 Å². The number of carbonyl (C=O) groups excluding carboxylic acids is 2. The van der Waals surface area contributed by atoms with E-state index in [1.54, 1.807) is 7.11 Å². The van der Waals surface area contributed by atoms with Gasteiger partial charge in [0.1, 0.15) is 5.75 Å². The Bertz CT molecular complexity index is 911. The second-order valence-corrected chi connectivity index (χ2v) is 8.94. The molecule has 2 N–H and O–H groups in total. The van der Waals surface area contributed by atoms with E-state index in [-0.39, 0.29) is 29.6 Å². The summed E-state index contributed by atoms with van der Waals surface area (Å²) >= 11 is 0. The zero-order valence-electron chi connectivity index (χ0n) is 19.6. The first-order valence-electron chi connectivity index (χ1n) is 11.3. The normalized spacial score (nSPS) is 18.5. The van der Waals surface area contributed by atoms with Crippen LogP contribution in [0.3, 0.4) is 0 Å². The van der Waals surface area contributed by atoms with E-state index >= 15 is 0 Å². The van der Waals surface area contributed by atoms with Gasteiger partial charge in [0, 0.05) is 38.0 Å². The predicted molar refractivity (Wildman–Crippen MR) is 127 cm³/mol. The molecule has 0 unspecified atom stereocenters. The van der Waals surface area contributed by atoms with E-state index < -0.39 is 0 Å². The third-order valence-corrected chi connectivity index (χ3v) is 6.08. The van der Waals surface area contributed by atoms with Crippen molar-refractivity contribution in [3.63, 3.8) is 0 Å². The van der Waals surface area contributed by atoms with Gasteiger partial charge in [-0.15, -0.1) is 0 Å². The average Bonchev–Trinajstić information content (AvgIpc) is 3.19. The van der Waals surface area contributed by atoms with Gasteiger partial charge in [0.05, 0.1) is 13.0 Å². The molecule has 2 aromatic carbocycles. The fourth-order valence-electron chi connectivity index (χ4n) is 4.18. The number of nitrogens with one attached hydrogen (secondary N) is 2. The smallest absolute Gasteiger partial charge is 0.225 e. The standard InChI is InChI=1S/C26H35N3O3/c1-18(2)25(30)28-15-20-6-5-7-21(14-20)23-16-29(3)17-24(23)26(31)27-13-12-19-8-10-22(32-4)11-9-19/h5-11,14,18,23-24H,12-13,15-17H2,1-4H3,(H,27,31)(H,28,30)/t23-,24-/m0/s1. The van der Waals surface area contributed by atoms with Gasteiger partial charge >= 0.3 is 0 Å². The molecule has 1 aliphatic rings.